The van der Waals surface area contributed by atoms with E-state index in [2.05, 4.69) is 19.7 Å². The lowest BCUT2D eigenvalue weighted by atomic mass is 10.1. The van der Waals surface area contributed by atoms with Crippen molar-refractivity contribution < 1.29 is 9.59 Å². The van der Waals surface area contributed by atoms with Crippen LogP contribution in [0.3, 0.4) is 0 Å². The van der Waals surface area contributed by atoms with Gasteiger partial charge in [0.2, 0.25) is 5.91 Å². The van der Waals surface area contributed by atoms with Crippen molar-refractivity contribution in [1.29, 1.82) is 0 Å². The summed E-state index contributed by atoms with van der Waals surface area (Å²) in [5.41, 5.74) is 2.39. The van der Waals surface area contributed by atoms with E-state index in [-0.39, 0.29) is 17.4 Å². The predicted octanol–water partition coefficient (Wildman–Crippen LogP) is 3.78. The van der Waals surface area contributed by atoms with Crippen LogP contribution in [0.4, 0.5) is 5.69 Å². The van der Waals surface area contributed by atoms with Crippen LogP contribution in [-0.4, -0.2) is 43.7 Å². The molecular formula is C22H21N5O2S. The average Bonchev–Trinajstić information content (AvgIpc) is 3.39. The van der Waals surface area contributed by atoms with Gasteiger partial charge in [-0.15, -0.1) is 10.2 Å². The number of amides is 1. The van der Waals surface area contributed by atoms with E-state index in [1.165, 1.54) is 11.8 Å². The fourth-order valence-corrected chi connectivity index (χ4v) is 4.62. The number of aromatic nitrogens is 4. The third-order valence-corrected chi connectivity index (χ3v) is 6.34. The van der Waals surface area contributed by atoms with E-state index in [9.17, 15) is 9.59 Å². The van der Waals surface area contributed by atoms with Crippen molar-refractivity contribution in [2.45, 2.75) is 36.9 Å². The number of ketones is 1. The van der Waals surface area contributed by atoms with Gasteiger partial charge in [0, 0.05) is 48.2 Å². The van der Waals surface area contributed by atoms with E-state index in [0.29, 0.717) is 24.6 Å². The zero-order valence-corrected chi connectivity index (χ0v) is 17.2. The van der Waals surface area contributed by atoms with Crippen molar-refractivity contribution in [3.05, 3.63) is 54.4 Å². The number of Topliss-reactive ketones (excluding diaryl/α,β-unsaturated/α-hetero) is 1. The first-order chi connectivity index (χ1) is 14.7. The van der Waals surface area contributed by atoms with E-state index in [1.807, 2.05) is 30.3 Å². The average molecular weight is 420 g/mol. The molecule has 1 aliphatic heterocycles. The minimum absolute atomic E-state index is 0.0179. The van der Waals surface area contributed by atoms with Crippen molar-refractivity contribution in [3.8, 4) is 11.4 Å². The normalized spacial score (nSPS) is 16.3. The predicted molar refractivity (Wildman–Crippen MR) is 115 cm³/mol. The summed E-state index contributed by atoms with van der Waals surface area (Å²) in [5.74, 6) is 1.24. The Morgan fingerprint density at radius 2 is 1.97 bits per heavy atom. The van der Waals surface area contributed by atoms with Crippen molar-refractivity contribution in [3.63, 3.8) is 0 Å². The van der Waals surface area contributed by atoms with Gasteiger partial charge in [0.1, 0.15) is 0 Å². The molecule has 3 aromatic rings. The molecule has 0 bridgehead atoms. The van der Waals surface area contributed by atoms with Crippen LogP contribution in [0.15, 0.2) is 53.9 Å². The van der Waals surface area contributed by atoms with Gasteiger partial charge in [0.15, 0.2) is 16.8 Å². The van der Waals surface area contributed by atoms with E-state index in [0.717, 1.165) is 41.5 Å². The number of carbonyl (C=O) groups is 2. The number of pyridine rings is 1. The van der Waals surface area contributed by atoms with Crippen LogP contribution in [0.5, 0.6) is 0 Å². The highest BCUT2D eigenvalue weighted by Gasteiger charge is 2.30. The second kappa shape index (κ2) is 8.02. The van der Waals surface area contributed by atoms with Gasteiger partial charge in [-0.25, -0.2) is 0 Å². The zero-order valence-electron chi connectivity index (χ0n) is 16.4. The Bertz CT molecular complexity index is 1090. The summed E-state index contributed by atoms with van der Waals surface area (Å²) in [6.45, 7) is 0.716. The Balaban J connectivity index is 1.33. The zero-order chi connectivity index (χ0) is 20.5. The van der Waals surface area contributed by atoms with Crippen molar-refractivity contribution >= 4 is 29.1 Å². The molecule has 0 spiro atoms. The Morgan fingerprint density at radius 3 is 2.70 bits per heavy atom. The molecule has 2 fully saturated rings. The Hall–Kier alpha value is -3.00. The van der Waals surface area contributed by atoms with Gasteiger partial charge in [-0.2, -0.15) is 0 Å². The van der Waals surface area contributed by atoms with Crippen molar-refractivity contribution in [1.82, 2.24) is 19.7 Å². The largest absolute Gasteiger partial charge is 0.312 e. The van der Waals surface area contributed by atoms with Crippen LogP contribution in [0, 0.1) is 0 Å². The molecule has 1 saturated heterocycles. The third kappa shape index (κ3) is 3.75. The van der Waals surface area contributed by atoms with Gasteiger partial charge in [-0.05, 0) is 43.5 Å². The standard InChI is InChI=1S/C22H21N5O2S/c28-19(16-3-1-4-18(13-16)26-12-2-5-20(26)29)14-30-22-25-24-21(27(22)17-6-7-17)15-8-10-23-11-9-15/h1,3-4,8-11,13,17H,2,5-7,12,14H2. The molecule has 7 nitrogen and oxygen atoms in total. The first-order valence-corrected chi connectivity index (χ1v) is 11.1. The number of carbonyl (C=O) groups excluding carboxylic acids is 2. The van der Waals surface area contributed by atoms with Crippen LogP contribution in [-0.2, 0) is 4.79 Å². The molecule has 5 rings (SSSR count). The molecule has 0 unspecified atom stereocenters. The summed E-state index contributed by atoms with van der Waals surface area (Å²) in [6, 6.07) is 11.6. The molecule has 1 amide bonds. The Labute approximate surface area is 178 Å². The lowest BCUT2D eigenvalue weighted by Gasteiger charge is -2.16. The molecule has 152 valence electrons. The number of anilines is 1. The van der Waals surface area contributed by atoms with Gasteiger partial charge in [-0.1, -0.05) is 23.9 Å². The van der Waals surface area contributed by atoms with E-state index >= 15 is 0 Å². The molecule has 1 aromatic carbocycles. The second-order valence-electron chi connectivity index (χ2n) is 7.55. The molecule has 2 aliphatic rings. The molecular weight excluding hydrogens is 398 g/mol. The maximum absolute atomic E-state index is 12.9. The highest BCUT2D eigenvalue weighted by molar-refractivity contribution is 7.99. The van der Waals surface area contributed by atoms with Crippen LogP contribution < -0.4 is 4.90 Å². The van der Waals surface area contributed by atoms with Crippen LogP contribution in [0.2, 0.25) is 0 Å². The summed E-state index contributed by atoms with van der Waals surface area (Å²) in [4.78, 5) is 30.7. The number of hydrogen-bond donors (Lipinski definition) is 0. The van der Waals surface area contributed by atoms with E-state index in [4.69, 9.17) is 0 Å². The van der Waals surface area contributed by atoms with E-state index in [1.54, 1.807) is 23.4 Å². The van der Waals surface area contributed by atoms with Gasteiger partial charge in [0.05, 0.1) is 5.75 Å². The number of thioether (sulfide) groups is 1. The lowest BCUT2D eigenvalue weighted by Crippen LogP contribution is -2.23. The molecule has 0 N–H and O–H groups in total. The van der Waals surface area contributed by atoms with Crippen molar-refractivity contribution in [2.24, 2.45) is 0 Å². The van der Waals surface area contributed by atoms with E-state index < -0.39 is 0 Å². The quantitative estimate of drug-likeness (QED) is 0.428. The molecule has 2 aromatic heterocycles. The monoisotopic (exact) mass is 419 g/mol. The van der Waals surface area contributed by atoms with Gasteiger partial charge in [0.25, 0.3) is 0 Å². The van der Waals surface area contributed by atoms with Crippen LogP contribution >= 0.6 is 11.8 Å². The Morgan fingerprint density at radius 1 is 1.13 bits per heavy atom. The summed E-state index contributed by atoms with van der Waals surface area (Å²) in [7, 11) is 0. The number of hydrogen-bond acceptors (Lipinski definition) is 6. The molecule has 0 radical (unpaired) electrons. The summed E-state index contributed by atoms with van der Waals surface area (Å²) < 4.78 is 2.15. The minimum Gasteiger partial charge on any atom is -0.312 e. The fraction of sp³-hybridized carbons (Fsp3) is 0.318. The molecule has 1 aliphatic carbocycles. The van der Waals surface area contributed by atoms with Crippen molar-refractivity contribution in [2.75, 3.05) is 17.2 Å². The minimum atomic E-state index is 0.0179. The smallest absolute Gasteiger partial charge is 0.227 e. The number of nitrogens with zero attached hydrogens (tertiary/aromatic N) is 5. The molecule has 8 heteroatoms. The number of rotatable bonds is 7. The maximum Gasteiger partial charge on any atom is 0.227 e. The van der Waals surface area contributed by atoms with Crippen LogP contribution in [0.25, 0.3) is 11.4 Å². The highest BCUT2D eigenvalue weighted by Crippen LogP contribution is 2.41. The topological polar surface area (TPSA) is 81.0 Å². The number of benzene rings is 1. The first-order valence-electron chi connectivity index (χ1n) is 10.1. The van der Waals surface area contributed by atoms with Crippen LogP contribution in [0.1, 0.15) is 42.1 Å². The third-order valence-electron chi connectivity index (χ3n) is 5.40. The van der Waals surface area contributed by atoms with Gasteiger partial charge in [-0.3, -0.25) is 19.1 Å². The highest BCUT2D eigenvalue weighted by atomic mass is 32.2. The SMILES string of the molecule is O=C(CSc1nnc(-c2ccncc2)n1C1CC1)c1cccc(N2CCCC2=O)c1. The summed E-state index contributed by atoms with van der Waals surface area (Å²) in [6.07, 6.45) is 7.13. The maximum atomic E-state index is 12.9. The summed E-state index contributed by atoms with van der Waals surface area (Å²) >= 11 is 1.42. The molecule has 0 atom stereocenters. The fourth-order valence-electron chi connectivity index (χ4n) is 3.72. The van der Waals surface area contributed by atoms with Gasteiger partial charge >= 0.3 is 0 Å². The molecule has 30 heavy (non-hydrogen) atoms. The second-order valence-corrected chi connectivity index (χ2v) is 8.50. The summed E-state index contributed by atoms with van der Waals surface area (Å²) in [5, 5.41) is 9.51. The van der Waals surface area contributed by atoms with Gasteiger partial charge < -0.3 is 4.90 Å². The molecule has 3 heterocycles. The Kier molecular flexibility index (Phi) is 5.08. The molecule has 1 saturated carbocycles. The first kappa shape index (κ1) is 19.0. The lowest BCUT2D eigenvalue weighted by molar-refractivity contribution is -0.117.